The quantitative estimate of drug-likeness (QED) is 0.711. The average molecular weight is 462 g/mol. The summed E-state index contributed by atoms with van der Waals surface area (Å²) in [4.78, 5) is 42.5. The number of nitrogens with one attached hydrogen (secondary N) is 1. The SMILES string of the molecule is O=C1N[C@@]2(CCc3ccccc32)C(=O)N1CC(=O)N1CCC[C@H]1c1ccc2c(c1)OCCCO2. The fraction of sp³-hybridized carbons (Fsp3) is 0.423. The van der Waals surface area contributed by atoms with Gasteiger partial charge in [0.15, 0.2) is 11.5 Å². The van der Waals surface area contributed by atoms with Crippen LogP contribution in [0.5, 0.6) is 11.5 Å². The van der Waals surface area contributed by atoms with Crippen LogP contribution in [0.25, 0.3) is 0 Å². The number of rotatable bonds is 3. The van der Waals surface area contributed by atoms with E-state index in [1.165, 1.54) is 0 Å². The van der Waals surface area contributed by atoms with Crippen LogP contribution in [0.4, 0.5) is 4.79 Å². The largest absolute Gasteiger partial charge is 0.490 e. The van der Waals surface area contributed by atoms with Crippen LogP contribution in [0.15, 0.2) is 42.5 Å². The fourth-order valence-corrected chi connectivity index (χ4v) is 5.76. The van der Waals surface area contributed by atoms with Gasteiger partial charge < -0.3 is 19.7 Å². The Kier molecular flexibility index (Phi) is 4.97. The van der Waals surface area contributed by atoms with Crippen LogP contribution >= 0.6 is 0 Å². The van der Waals surface area contributed by atoms with Crippen molar-refractivity contribution in [3.63, 3.8) is 0 Å². The normalized spacial score (nSPS) is 25.5. The zero-order chi connectivity index (χ0) is 23.3. The highest BCUT2D eigenvalue weighted by atomic mass is 16.5. The first-order chi connectivity index (χ1) is 16.6. The minimum Gasteiger partial charge on any atom is -0.490 e. The number of imide groups is 1. The van der Waals surface area contributed by atoms with Gasteiger partial charge in [-0.25, -0.2) is 4.79 Å². The third-order valence-corrected chi connectivity index (χ3v) is 7.45. The molecule has 0 bridgehead atoms. The second-order valence-corrected chi connectivity index (χ2v) is 9.39. The van der Waals surface area contributed by atoms with Crippen LogP contribution in [0, 0.1) is 0 Å². The molecule has 6 rings (SSSR count). The number of carbonyl (C=O) groups excluding carboxylic acids is 3. The van der Waals surface area contributed by atoms with Crippen LogP contribution in [0.3, 0.4) is 0 Å². The summed E-state index contributed by atoms with van der Waals surface area (Å²) in [7, 11) is 0. The molecule has 0 saturated carbocycles. The number of benzene rings is 2. The number of carbonyl (C=O) groups is 3. The first-order valence-corrected chi connectivity index (χ1v) is 12.0. The van der Waals surface area contributed by atoms with Gasteiger partial charge in [0.05, 0.1) is 19.3 Å². The van der Waals surface area contributed by atoms with Gasteiger partial charge in [0.2, 0.25) is 5.91 Å². The minimum atomic E-state index is -1.05. The molecule has 0 aromatic heterocycles. The van der Waals surface area contributed by atoms with E-state index in [1.807, 2.05) is 42.5 Å². The molecule has 0 radical (unpaired) electrons. The molecule has 1 aliphatic carbocycles. The first kappa shape index (κ1) is 21.0. The molecule has 2 atom stereocenters. The van der Waals surface area contributed by atoms with E-state index in [2.05, 4.69) is 5.32 Å². The number of ether oxygens (including phenoxy) is 2. The Morgan fingerprint density at radius 1 is 1.06 bits per heavy atom. The van der Waals surface area contributed by atoms with Crippen LogP contribution in [0.1, 0.15) is 48.4 Å². The first-order valence-electron chi connectivity index (χ1n) is 12.0. The number of hydrogen-bond donors (Lipinski definition) is 1. The van der Waals surface area contributed by atoms with E-state index in [-0.39, 0.29) is 24.4 Å². The molecule has 2 aromatic rings. The van der Waals surface area contributed by atoms with E-state index in [1.54, 1.807) is 4.90 Å². The molecule has 2 fully saturated rings. The van der Waals surface area contributed by atoms with E-state index in [0.29, 0.717) is 31.9 Å². The molecular weight excluding hydrogens is 434 g/mol. The van der Waals surface area contributed by atoms with Gasteiger partial charge in [0.1, 0.15) is 12.1 Å². The van der Waals surface area contributed by atoms with Crippen molar-refractivity contribution in [3.8, 4) is 11.5 Å². The maximum atomic E-state index is 13.4. The van der Waals surface area contributed by atoms with E-state index in [4.69, 9.17) is 9.47 Å². The van der Waals surface area contributed by atoms with Gasteiger partial charge in [-0.2, -0.15) is 0 Å². The Bertz CT molecular complexity index is 1180. The Morgan fingerprint density at radius 3 is 2.76 bits per heavy atom. The number of urea groups is 1. The lowest BCUT2D eigenvalue weighted by Gasteiger charge is -2.27. The molecular formula is C26H27N3O5. The van der Waals surface area contributed by atoms with Crippen molar-refractivity contribution in [1.29, 1.82) is 0 Å². The Balaban J connectivity index is 1.21. The second-order valence-electron chi connectivity index (χ2n) is 9.39. The monoisotopic (exact) mass is 461 g/mol. The summed E-state index contributed by atoms with van der Waals surface area (Å²) in [6, 6.07) is 12.9. The molecule has 8 heteroatoms. The molecule has 34 heavy (non-hydrogen) atoms. The van der Waals surface area contributed by atoms with Gasteiger partial charge in [0.25, 0.3) is 5.91 Å². The van der Waals surface area contributed by atoms with Crippen LogP contribution in [0.2, 0.25) is 0 Å². The zero-order valence-electron chi connectivity index (χ0n) is 18.9. The highest BCUT2D eigenvalue weighted by Crippen LogP contribution is 2.42. The molecule has 1 N–H and O–H groups in total. The van der Waals surface area contributed by atoms with Crippen molar-refractivity contribution < 1.29 is 23.9 Å². The van der Waals surface area contributed by atoms with E-state index in [0.717, 1.165) is 53.0 Å². The summed E-state index contributed by atoms with van der Waals surface area (Å²) in [6.07, 6.45) is 3.76. The predicted molar refractivity (Wildman–Crippen MR) is 122 cm³/mol. The molecule has 8 nitrogen and oxygen atoms in total. The van der Waals surface area contributed by atoms with Gasteiger partial charge in [-0.05, 0) is 54.5 Å². The lowest BCUT2D eigenvalue weighted by Crippen LogP contribution is -2.44. The van der Waals surface area contributed by atoms with Gasteiger partial charge >= 0.3 is 6.03 Å². The summed E-state index contributed by atoms with van der Waals surface area (Å²) < 4.78 is 11.6. The van der Waals surface area contributed by atoms with Crippen LogP contribution in [-0.4, -0.2) is 53.9 Å². The number of aryl methyl sites for hydroxylation is 1. The predicted octanol–water partition coefficient (Wildman–Crippen LogP) is 2.90. The highest BCUT2D eigenvalue weighted by Gasteiger charge is 2.55. The molecule has 0 unspecified atom stereocenters. The number of fused-ring (bicyclic) bond motifs is 3. The molecule has 4 amide bonds. The van der Waals surface area contributed by atoms with Crippen LogP contribution < -0.4 is 14.8 Å². The average Bonchev–Trinajstić information content (AvgIpc) is 3.48. The molecule has 3 heterocycles. The van der Waals surface area contributed by atoms with Crippen molar-refractivity contribution in [2.45, 2.75) is 43.7 Å². The van der Waals surface area contributed by atoms with Crippen molar-refractivity contribution in [1.82, 2.24) is 15.1 Å². The van der Waals surface area contributed by atoms with E-state index < -0.39 is 11.6 Å². The second kappa shape index (κ2) is 8.04. The summed E-state index contributed by atoms with van der Waals surface area (Å²) in [5.41, 5.74) is 1.84. The van der Waals surface area contributed by atoms with Crippen molar-refractivity contribution >= 4 is 17.8 Å². The Morgan fingerprint density at radius 2 is 1.88 bits per heavy atom. The summed E-state index contributed by atoms with van der Waals surface area (Å²) >= 11 is 0. The van der Waals surface area contributed by atoms with Crippen LogP contribution in [-0.2, 0) is 21.5 Å². The molecule has 1 spiro atoms. The molecule has 4 aliphatic rings. The standard InChI is InChI=1S/C26H27N3O5/c30-23(16-29-24(31)26(27-25(29)32)11-10-17-5-1-2-6-19(17)26)28-12-3-7-20(28)18-8-9-21-22(15-18)34-14-4-13-33-21/h1-2,5-6,8-9,15,20H,3-4,7,10-14,16H2,(H,27,32)/t20-,26+/m0/s1. The summed E-state index contributed by atoms with van der Waals surface area (Å²) in [5, 5.41) is 2.90. The fourth-order valence-electron chi connectivity index (χ4n) is 5.76. The van der Waals surface area contributed by atoms with Gasteiger partial charge in [-0.15, -0.1) is 0 Å². The lowest BCUT2D eigenvalue weighted by atomic mass is 9.92. The lowest BCUT2D eigenvalue weighted by molar-refractivity contribution is -0.139. The third-order valence-electron chi connectivity index (χ3n) is 7.45. The number of likely N-dealkylation sites (tertiary alicyclic amines) is 1. The highest BCUT2D eigenvalue weighted by molar-refractivity contribution is 6.10. The van der Waals surface area contributed by atoms with Gasteiger partial charge in [0, 0.05) is 13.0 Å². The third kappa shape index (κ3) is 3.23. The number of nitrogens with zero attached hydrogens (tertiary/aromatic N) is 2. The van der Waals surface area contributed by atoms with E-state index >= 15 is 0 Å². The van der Waals surface area contributed by atoms with E-state index in [9.17, 15) is 14.4 Å². The zero-order valence-corrected chi connectivity index (χ0v) is 18.9. The molecule has 3 aliphatic heterocycles. The number of hydrogen-bond acceptors (Lipinski definition) is 5. The maximum Gasteiger partial charge on any atom is 0.325 e. The maximum absolute atomic E-state index is 13.4. The van der Waals surface area contributed by atoms with Gasteiger partial charge in [-0.3, -0.25) is 14.5 Å². The van der Waals surface area contributed by atoms with Crippen molar-refractivity contribution in [2.24, 2.45) is 0 Å². The number of amides is 4. The summed E-state index contributed by atoms with van der Waals surface area (Å²) in [6.45, 7) is 1.56. The minimum absolute atomic E-state index is 0.119. The van der Waals surface area contributed by atoms with Gasteiger partial charge in [-0.1, -0.05) is 30.3 Å². The van der Waals surface area contributed by atoms with Crippen molar-refractivity contribution in [2.75, 3.05) is 26.3 Å². The Hall–Kier alpha value is -3.55. The Labute approximate surface area is 197 Å². The topological polar surface area (TPSA) is 88.2 Å². The smallest absolute Gasteiger partial charge is 0.325 e. The molecule has 2 saturated heterocycles. The summed E-state index contributed by atoms with van der Waals surface area (Å²) in [5.74, 6) is 0.868. The van der Waals surface area contributed by atoms with Crippen molar-refractivity contribution in [3.05, 3.63) is 59.2 Å². The molecule has 2 aromatic carbocycles. The molecule has 176 valence electrons.